The van der Waals surface area contributed by atoms with Crippen LogP contribution < -0.4 is 10.5 Å². The number of aliphatic hydroxyl groups excluding tert-OH is 1. The molecule has 2 aromatic carbocycles. The van der Waals surface area contributed by atoms with E-state index in [0.29, 0.717) is 22.3 Å². The Labute approximate surface area is 132 Å². The van der Waals surface area contributed by atoms with Crippen molar-refractivity contribution in [2.24, 2.45) is 0 Å². The van der Waals surface area contributed by atoms with Crippen LogP contribution in [0.25, 0.3) is 0 Å². The van der Waals surface area contributed by atoms with Crippen molar-refractivity contribution in [2.75, 3.05) is 17.1 Å². The fraction of sp³-hybridized carbons (Fsp3) is 0.143. The van der Waals surface area contributed by atoms with E-state index in [-0.39, 0.29) is 11.5 Å². The van der Waals surface area contributed by atoms with E-state index in [9.17, 15) is 8.42 Å². The van der Waals surface area contributed by atoms with Gasteiger partial charge in [-0.2, -0.15) is 0 Å². The van der Waals surface area contributed by atoms with E-state index in [1.165, 1.54) is 18.2 Å². The first-order valence-electron chi connectivity index (χ1n) is 6.20. The summed E-state index contributed by atoms with van der Waals surface area (Å²) in [5.74, 6) is 0. The monoisotopic (exact) mass is 370 g/mol. The van der Waals surface area contributed by atoms with Crippen molar-refractivity contribution in [3.05, 3.63) is 52.5 Å². The van der Waals surface area contributed by atoms with Crippen LogP contribution in [-0.2, 0) is 16.4 Å². The van der Waals surface area contributed by atoms with Crippen molar-refractivity contribution in [2.45, 2.75) is 11.3 Å². The number of aliphatic hydroxyl groups is 1. The van der Waals surface area contributed by atoms with Gasteiger partial charge in [0.15, 0.2) is 0 Å². The van der Waals surface area contributed by atoms with Gasteiger partial charge in [0.1, 0.15) is 0 Å². The molecule has 5 nitrogen and oxygen atoms in total. The second-order valence-corrected chi connectivity index (χ2v) is 7.00. The molecule has 0 aromatic heterocycles. The smallest absolute Gasteiger partial charge is 0.261 e. The van der Waals surface area contributed by atoms with E-state index < -0.39 is 10.0 Å². The summed E-state index contributed by atoms with van der Waals surface area (Å²) in [6.45, 7) is 0.0601. The zero-order valence-corrected chi connectivity index (χ0v) is 13.5. The second kappa shape index (κ2) is 6.46. The Morgan fingerprint density at radius 3 is 2.38 bits per heavy atom. The van der Waals surface area contributed by atoms with Crippen LogP contribution in [0, 0.1) is 0 Å². The van der Waals surface area contributed by atoms with Crippen LogP contribution in [0.3, 0.4) is 0 Å². The normalized spacial score (nSPS) is 11.3. The van der Waals surface area contributed by atoms with Crippen LogP contribution >= 0.6 is 15.9 Å². The molecule has 0 amide bonds. The van der Waals surface area contributed by atoms with Gasteiger partial charge in [-0.05, 0) is 58.2 Å². The molecular weight excluding hydrogens is 356 g/mol. The molecule has 0 aliphatic rings. The fourth-order valence-corrected chi connectivity index (χ4v) is 3.37. The summed E-state index contributed by atoms with van der Waals surface area (Å²) in [6.07, 6.45) is 0.540. The highest BCUT2D eigenvalue weighted by atomic mass is 79.9. The SMILES string of the molecule is Nc1ccc(S(=O)(=O)Nc2ccc(CCO)cc2)cc1Br. The third-order valence-electron chi connectivity index (χ3n) is 2.89. The summed E-state index contributed by atoms with van der Waals surface area (Å²) < 4.78 is 27.6. The molecule has 0 aliphatic heterocycles. The Morgan fingerprint density at radius 2 is 1.81 bits per heavy atom. The number of halogens is 1. The van der Waals surface area contributed by atoms with Crippen LogP contribution in [-0.4, -0.2) is 20.1 Å². The second-order valence-electron chi connectivity index (χ2n) is 4.46. The predicted molar refractivity (Wildman–Crippen MR) is 86.6 cm³/mol. The maximum Gasteiger partial charge on any atom is 0.261 e. The lowest BCUT2D eigenvalue weighted by Crippen LogP contribution is -2.13. The van der Waals surface area contributed by atoms with E-state index in [0.717, 1.165) is 5.56 Å². The lowest BCUT2D eigenvalue weighted by atomic mass is 10.1. The first kappa shape index (κ1) is 15.8. The average molecular weight is 371 g/mol. The molecule has 21 heavy (non-hydrogen) atoms. The summed E-state index contributed by atoms with van der Waals surface area (Å²) in [5.41, 5.74) is 7.52. The first-order valence-corrected chi connectivity index (χ1v) is 8.47. The highest BCUT2D eigenvalue weighted by Crippen LogP contribution is 2.24. The van der Waals surface area contributed by atoms with Gasteiger partial charge in [0.05, 0.1) is 4.90 Å². The van der Waals surface area contributed by atoms with E-state index in [4.69, 9.17) is 10.8 Å². The van der Waals surface area contributed by atoms with E-state index in [2.05, 4.69) is 20.7 Å². The van der Waals surface area contributed by atoms with Crippen LogP contribution in [0.5, 0.6) is 0 Å². The molecule has 0 spiro atoms. The highest BCUT2D eigenvalue weighted by Gasteiger charge is 2.15. The quantitative estimate of drug-likeness (QED) is 0.704. The van der Waals surface area contributed by atoms with Gasteiger partial charge in [-0.1, -0.05) is 12.1 Å². The first-order chi connectivity index (χ1) is 9.92. The van der Waals surface area contributed by atoms with Crippen molar-refractivity contribution < 1.29 is 13.5 Å². The van der Waals surface area contributed by atoms with Crippen LogP contribution in [0.15, 0.2) is 51.8 Å². The number of nitrogens with two attached hydrogens (primary N) is 1. The molecule has 4 N–H and O–H groups in total. The van der Waals surface area contributed by atoms with Gasteiger partial charge in [0.2, 0.25) is 0 Å². The molecular formula is C14H15BrN2O3S. The molecule has 0 atom stereocenters. The predicted octanol–water partition coefficient (Wildman–Crippen LogP) is 2.37. The Bertz CT molecular complexity index is 730. The molecule has 0 unspecified atom stereocenters. The molecule has 0 saturated carbocycles. The Kier molecular flexibility index (Phi) is 4.87. The Balaban J connectivity index is 2.22. The number of hydrogen-bond acceptors (Lipinski definition) is 4. The zero-order chi connectivity index (χ0) is 15.5. The van der Waals surface area contributed by atoms with Gasteiger partial charge in [0.25, 0.3) is 10.0 Å². The number of rotatable bonds is 5. The third kappa shape index (κ3) is 3.96. The maximum absolute atomic E-state index is 12.3. The van der Waals surface area contributed by atoms with Gasteiger partial charge in [-0.3, -0.25) is 4.72 Å². The molecule has 2 rings (SSSR count). The number of nitrogen functional groups attached to an aromatic ring is 1. The van der Waals surface area contributed by atoms with Crippen LogP contribution in [0.4, 0.5) is 11.4 Å². The number of hydrogen-bond donors (Lipinski definition) is 3. The van der Waals surface area contributed by atoms with Gasteiger partial charge in [0, 0.05) is 22.5 Å². The van der Waals surface area contributed by atoms with E-state index in [1.54, 1.807) is 24.3 Å². The fourth-order valence-electron chi connectivity index (χ4n) is 1.76. The Hall–Kier alpha value is -1.57. The molecule has 112 valence electrons. The summed E-state index contributed by atoms with van der Waals surface area (Å²) >= 11 is 3.21. The molecule has 2 aromatic rings. The van der Waals surface area contributed by atoms with Gasteiger partial charge in [-0.15, -0.1) is 0 Å². The maximum atomic E-state index is 12.3. The minimum absolute atomic E-state index is 0.0601. The molecule has 0 heterocycles. The van der Waals surface area contributed by atoms with Crippen molar-refractivity contribution in [3.8, 4) is 0 Å². The number of sulfonamides is 1. The lowest BCUT2D eigenvalue weighted by Gasteiger charge is -2.09. The van der Waals surface area contributed by atoms with Crippen molar-refractivity contribution in [3.63, 3.8) is 0 Å². The molecule has 7 heteroatoms. The highest BCUT2D eigenvalue weighted by molar-refractivity contribution is 9.10. The van der Waals surface area contributed by atoms with Crippen LogP contribution in [0.2, 0.25) is 0 Å². The minimum Gasteiger partial charge on any atom is -0.398 e. The zero-order valence-electron chi connectivity index (χ0n) is 11.1. The van der Waals surface area contributed by atoms with Gasteiger partial charge in [-0.25, -0.2) is 8.42 Å². The van der Waals surface area contributed by atoms with E-state index in [1.807, 2.05) is 0 Å². The molecule has 0 bridgehead atoms. The average Bonchev–Trinajstić information content (AvgIpc) is 2.44. The summed E-state index contributed by atoms with van der Waals surface area (Å²) in [6, 6.07) is 11.3. The topological polar surface area (TPSA) is 92.4 Å². The van der Waals surface area contributed by atoms with Crippen molar-refractivity contribution >= 4 is 37.3 Å². The lowest BCUT2D eigenvalue weighted by molar-refractivity contribution is 0.299. The molecule has 0 radical (unpaired) electrons. The van der Waals surface area contributed by atoms with Crippen LogP contribution in [0.1, 0.15) is 5.56 Å². The number of nitrogens with one attached hydrogen (secondary N) is 1. The summed E-state index contributed by atoms with van der Waals surface area (Å²) in [7, 11) is -3.66. The number of benzene rings is 2. The van der Waals surface area contributed by atoms with Crippen molar-refractivity contribution in [1.82, 2.24) is 0 Å². The molecule has 0 fully saturated rings. The largest absolute Gasteiger partial charge is 0.398 e. The Morgan fingerprint density at radius 1 is 1.14 bits per heavy atom. The summed E-state index contributed by atoms with van der Waals surface area (Å²) in [4.78, 5) is 0.128. The standard InChI is InChI=1S/C14H15BrN2O3S/c15-13-9-12(5-6-14(13)16)21(19,20)17-11-3-1-10(2-4-11)7-8-18/h1-6,9,17-18H,7-8,16H2. The van der Waals surface area contributed by atoms with Gasteiger partial charge >= 0.3 is 0 Å². The van der Waals surface area contributed by atoms with Crippen molar-refractivity contribution in [1.29, 1.82) is 0 Å². The number of anilines is 2. The molecule has 0 aliphatic carbocycles. The van der Waals surface area contributed by atoms with Gasteiger partial charge < -0.3 is 10.8 Å². The summed E-state index contributed by atoms with van der Waals surface area (Å²) in [5, 5.41) is 8.85. The third-order valence-corrected chi connectivity index (χ3v) is 4.95. The molecule has 0 saturated heterocycles. The minimum atomic E-state index is -3.66. The van der Waals surface area contributed by atoms with E-state index >= 15 is 0 Å².